The van der Waals surface area contributed by atoms with Crippen LogP contribution in [-0.2, 0) is 6.54 Å². The van der Waals surface area contributed by atoms with Gasteiger partial charge in [0.25, 0.3) is 5.19 Å². The van der Waals surface area contributed by atoms with Crippen LogP contribution >= 0.6 is 11.3 Å². The summed E-state index contributed by atoms with van der Waals surface area (Å²) in [6.45, 7) is 3.83. The zero-order valence-electron chi connectivity index (χ0n) is 11.7. The highest BCUT2D eigenvalue weighted by atomic mass is 32.1. The summed E-state index contributed by atoms with van der Waals surface area (Å²) in [7, 11) is 0. The first kappa shape index (κ1) is 13.9. The molecule has 0 fully saturated rings. The molecule has 3 rings (SSSR count). The van der Waals surface area contributed by atoms with E-state index in [1.807, 2.05) is 30.3 Å². The van der Waals surface area contributed by atoms with E-state index in [1.54, 1.807) is 6.20 Å². The number of para-hydroxylation sites is 1. The summed E-state index contributed by atoms with van der Waals surface area (Å²) in [6, 6.07) is 9.77. The normalized spacial score (nSPS) is 10.9. The quantitative estimate of drug-likeness (QED) is 0.707. The van der Waals surface area contributed by atoms with Crippen molar-refractivity contribution in [2.24, 2.45) is 0 Å². The van der Waals surface area contributed by atoms with Gasteiger partial charge in [-0.1, -0.05) is 41.6 Å². The first-order chi connectivity index (χ1) is 10.4. The number of rotatable bonds is 6. The predicted octanol–water partition coefficient (Wildman–Crippen LogP) is 3.38. The van der Waals surface area contributed by atoms with Crippen LogP contribution in [0.4, 0.5) is 0 Å². The SMILES string of the molecule is CCCNCc1nnc(Oc2cccc3cccnc23)s1. The van der Waals surface area contributed by atoms with Crippen LogP contribution in [0.5, 0.6) is 10.9 Å². The minimum atomic E-state index is 0.543. The molecule has 6 heteroatoms. The maximum atomic E-state index is 5.83. The van der Waals surface area contributed by atoms with Crippen LogP contribution in [0.25, 0.3) is 10.9 Å². The van der Waals surface area contributed by atoms with Crippen molar-refractivity contribution < 1.29 is 4.74 Å². The molecule has 108 valence electrons. The monoisotopic (exact) mass is 300 g/mol. The second-order valence-electron chi connectivity index (χ2n) is 4.57. The maximum Gasteiger partial charge on any atom is 0.299 e. The molecule has 3 aromatic rings. The molecule has 0 aliphatic rings. The van der Waals surface area contributed by atoms with Crippen molar-refractivity contribution >= 4 is 22.2 Å². The molecular weight excluding hydrogens is 284 g/mol. The largest absolute Gasteiger partial charge is 0.427 e. The van der Waals surface area contributed by atoms with Crippen LogP contribution in [0, 0.1) is 0 Å². The molecule has 2 heterocycles. The molecule has 1 N–H and O–H groups in total. The highest BCUT2D eigenvalue weighted by Crippen LogP contribution is 2.29. The molecular formula is C15H16N4OS. The first-order valence-electron chi connectivity index (χ1n) is 6.91. The minimum absolute atomic E-state index is 0.543. The van der Waals surface area contributed by atoms with Crippen LogP contribution in [0.15, 0.2) is 36.5 Å². The fourth-order valence-corrected chi connectivity index (χ4v) is 2.65. The number of nitrogens with one attached hydrogen (secondary N) is 1. The molecule has 0 amide bonds. The van der Waals surface area contributed by atoms with Gasteiger partial charge in [-0.25, -0.2) is 0 Å². The molecule has 2 aromatic heterocycles. The molecule has 0 aliphatic carbocycles. The Balaban J connectivity index is 1.76. The average molecular weight is 300 g/mol. The summed E-state index contributed by atoms with van der Waals surface area (Å²) in [6.07, 6.45) is 2.86. The Bertz CT molecular complexity index is 723. The summed E-state index contributed by atoms with van der Waals surface area (Å²) < 4.78 is 5.83. The number of pyridine rings is 1. The van der Waals surface area contributed by atoms with E-state index >= 15 is 0 Å². The molecule has 5 nitrogen and oxygen atoms in total. The fraction of sp³-hybridized carbons (Fsp3) is 0.267. The van der Waals surface area contributed by atoms with E-state index in [4.69, 9.17) is 4.74 Å². The molecule has 0 atom stereocenters. The molecule has 0 unspecified atom stereocenters. The predicted molar refractivity (Wildman–Crippen MR) is 83.7 cm³/mol. The summed E-state index contributed by atoms with van der Waals surface area (Å²) in [4.78, 5) is 4.36. The first-order valence-corrected chi connectivity index (χ1v) is 7.73. The third-order valence-electron chi connectivity index (χ3n) is 2.94. The van der Waals surface area contributed by atoms with Gasteiger partial charge in [0.2, 0.25) is 0 Å². The van der Waals surface area contributed by atoms with Gasteiger partial charge in [0.15, 0.2) is 5.75 Å². The standard InChI is InChI=1S/C15H16N4OS/c1-2-8-16-10-13-18-19-15(21-13)20-12-7-3-5-11-6-4-9-17-14(11)12/h3-7,9,16H,2,8,10H2,1H3. The van der Waals surface area contributed by atoms with E-state index in [0.717, 1.165) is 35.4 Å². The second-order valence-corrected chi connectivity index (χ2v) is 5.60. The van der Waals surface area contributed by atoms with Crippen molar-refractivity contribution in [3.05, 3.63) is 41.5 Å². The van der Waals surface area contributed by atoms with Gasteiger partial charge >= 0.3 is 0 Å². The number of fused-ring (bicyclic) bond motifs is 1. The Morgan fingerprint density at radius 3 is 3.00 bits per heavy atom. The summed E-state index contributed by atoms with van der Waals surface area (Å²) in [5, 5.41) is 14.0. The Morgan fingerprint density at radius 2 is 2.10 bits per heavy atom. The molecule has 0 spiro atoms. The third-order valence-corrected chi connectivity index (χ3v) is 3.75. The number of hydrogen-bond donors (Lipinski definition) is 1. The molecule has 0 saturated carbocycles. The average Bonchev–Trinajstić information content (AvgIpc) is 2.96. The van der Waals surface area contributed by atoms with Crippen LogP contribution in [0.1, 0.15) is 18.4 Å². The number of benzene rings is 1. The van der Waals surface area contributed by atoms with E-state index in [9.17, 15) is 0 Å². The van der Waals surface area contributed by atoms with Crippen LogP contribution < -0.4 is 10.1 Å². The second kappa shape index (κ2) is 6.60. The van der Waals surface area contributed by atoms with Crippen LogP contribution in [0.2, 0.25) is 0 Å². The third kappa shape index (κ3) is 3.34. The van der Waals surface area contributed by atoms with Crippen LogP contribution in [0.3, 0.4) is 0 Å². The lowest BCUT2D eigenvalue weighted by atomic mass is 10.2. The van der Waals surface area contributed by atoms with E-state index < -0.39 is 0 Å². The molecule has 0 bridgehead atoms. The summed E-state index contributed by atoms with van der Waals surface area (Å²) in [5.41, 5.74) is 0.834. The van der Waals surface area contributed by atoms with Crippen LogP contribution in [-0.4, -0.2) is 21.7 Å². The zero-order chi connectivity index (χ0) is 14.5. The highest BCUT2D eigenvalue weighted by molar-refractivity contribution is 7.13. The highest BCUT2D eigenvalue weighted by Gasteiger charge is 2.09. The Morgan fingerprint density at radius 1 is 1.19 bits per heavy atom. The number of ether oxygens (including phenoxy) is 1. The summed E-state index contributed by atoms with van der Waals surface area (Å²) >= 11 is 1.45. The van der Waals surface area contributed by atoms with E-state index in [2.05, 4.69) is 27.4 Å². The number of aromatic nitrogens is 3. The van der Waals surface area contributed by atoms with Gasteiger partial charge in [-0.05, 0) is 25.1 Å². The topological polar surface area (TPSA) is 59.9 Å². The van der Waals surface area contributed by atoms with E-state index in [1.165, 1.54) is 11.3 Å². The molecule has 0 radical (unpaired) electrons. The molecule has 21 heavy (non-hydrogen) atoms. The lowest BCUT2D eigenvalue weighted by molar-refractivity contribution is 0.477. The smallest absolute Gasteiger partial charge is 0.299 e. The van der Waals surface area contributed by atoms with Crippen molar-refractivity contribution in [1.29, 1.82) is 0 Å². The van der Waals surface area contributed by atoms with Crippen molar-refractivity contribution in [2.45, 2.75) is 19.9 Å². The lowest BCUT2D eigenvalue weighted by Crippen LogP contribution is -2.13. The molecule has 0 aliphatic heterocycles. The fourth-order valence-electron chi connectivity index (χ4n) is 1.98. The van der Waals surface area contributed by atoms with Gasteiger partial charge in [-0.2, -0.15) is 0 Å². The van der Waals surface area contributed by atoms with Gasteiger partial charge in [-0.3, -0.25) is 4.98 Å². The van der Waals surface area contributed by atoms with Crippen molar-refractivity contribution in [2.75, 3.05) is 6.54 Å². The Kier molecular flexibility index (Phi) is 4.37. The minimum Gasteiger partial charge on any atom is -0.427 e. The van der Waals surface area contributed by atoms with Crippen molar-refractivity contribution in [3.8, 4) is 10.9 Å². The van der Waals surface area contributed by atoms with Gasteiger partial charge in [0.05, 0.1) is 0 Å². The van der Waals surface area contributed by atoms with Gasteiger partial charge in [-0.15, -0.1) is 5.10 Å². The van der Waals surface area contributed by atoms with Crippen molar-refractivity contribution in [1.82, 2.24) is 20.5 Å². The molecule has 0 saturated heterocycles. The Hall–Kier alpha value is -2.05. The van der Waals surface area contributed by atoms with Gasteiger partial charge in [0, 0.05) is 18.1 Å². The summed E-state index contributed by atoms with van der Waals surface area (Å²) in [5.74, 6) is 0.706. The van der Waals surface area contributed by atoms with E-state index in [0.29, 0.717) is 10.9 Å². The maximum absolute atomic E-state index is 5.83. The zero-order valence-corrected chi connectivity index (χ0v) is 12.6. The Labute approximate surface area is 127 Å². The lowest BCUT2D eigenvalue weighted by Gasteiger charge is -2.04. The van der Waals surface area contributed by atoms with Gasteiger partial charge in [0.1, 0.15) is 10.5 Å². The van der Waals surface area contributed by atoms with Gasteiger partial charge < -0.3 is 10.1 Å². The van der Waals surface area contributed by atoms with E-state index in [-0.39, 0.29) is 0 Å². The molecule has 1 aromatic carbocycles. The number of nitrogens with zero attached hydrogens (tertiary/aromatic N) is 3. The number of hydrogen-bond acceptors (Lipinski definition) is 6. The van der Waals surface area contributed by atoms with Crippen molar-refractivity contribution in [3.63, 3.8) is 0 Å².